The van der Waals surface area contributed by atoms with E-state index >= 15 is 0 Å². The molecule has 142 valence electrons. The molecule has 1 atom stereocenters. The standard InChI is InChI=1S/C22H26N2O3/c1-4-14-24-21(25)17-10-6-8-12-19(17)23-22(24,3)18-11-7-9-13-20(18)27-16-15-26-5-2/h4,6-13,23H,1,5,14-16H2,2-3H3. The molecule has 0 aliphatic carbocycles. The maximum Gasteiger partial charge on any atom is 0.258 e. The van der Waals surface area contributed by atoms with Gasteiger partial charge in [-0.05, 0) is 32.0 Å². The van der Waals surface area contributed by atoms with Crippen LogP contribution in [0.15, 0.2) is 61.2 Å². The van der Waals surface area contributed by atoms with E-state index in [-0.39, 0.29) is 5.91 Å². The molecule has 2 aromatic carbocycles. The molecule has 0 fully saturated rings. The van der Waals surface area contributed by atoms with Gasteiger partial charge in [0.15, 0.2) is 0 Å². The lowest BCUT2D eigenvalue weighted by Crippen LogP contribution is -2.56. The summed E-state index contributed by atoms with van der Waals surface area (Å²) in [6, 6.07) is 15.4. The molecule has 3 rings (SSSR count). The normalized spacial score (nSPS) is 18.6. The van der Waals surface area contributed by atoms with E-state index in [1.54, 1.807) is 11.0 Å². The predicted octanol–water partition coefficient (Wildman–Crippen LogP) is 4.03. The quantitative estimate of drug-likeness (QED) is 0.566. The van der Waals surface area contributed by atoms with Crippen molar-refractivity contribution < 1.29 is 14.3 Å². The molecule has 5 nitrogen and oxygen atoms in total. The van der Waals surface area contributed by atoms with Crippen molar-refractivity contribution in [2.45, 2.75) is 19.5 Å². The lowest BCUT2D eigenvalue weighted by atomic mass is 9.92. The summed E-state index contributed by atoms with van der Waals surface area (Å²) < 4.78 is 11.3. The first-order chi connectivity index (χ1) is 13.1. The Hall–Kier alpha value is -2.79. The first-order valence-corrected chi connectivity index (χ1v) is 9.22. The van der Waals surface area contributed by atoms with E-state index < -0.39 is 5.66 Å². The summed E-state index contributed by atoms with van der Waals surface area (Å²) in [5, 5.41) is 3.54. The summed E-state index contributed by atoms with van der Waals surface area (Å²) in [4.78, 5) is 15.0. The van der Waals surface area contributed by atoms with Crippen molar-refractivity contribution in [2.75, 3.05) is 31.7 Å². The number of ether oxygens (including phenoxy) is 2. The minimum absolute atomic E-state index is 0.0316. The summed E-state index contributed by atoms with van der Waals surface area (Å²) in [6.45, 7) is 9.83. The van der Waals surface area contributed by atoms with E-state index in [1.807, 2.05) is 62.4 Å². The number of benzene rings is 2. The summed E-state index contributed by atoms with van der Waals surface area (Å²) >= 11 is 0. The zero-order valence-electron chi connectivity index (χ0n) is 15.9. The largest absolute Gasteiger partial charge is 0.491 e. The molecule has 1 unspecified atom stereocenters. The van der Waals surface area contributed by atoms with Gasteiger partial charge in [-0.15, -0.1) is 6.58 Å². The fraction of sp³-hybridized carbons (Fsp3) is 0.318. The minimum Gasteiger partial charge on any atom is -0.491 e. The Bertz CT molecular complexity index is 821. The highest BCUT2D eigenvalue weighted by molar-refractivity contribution is 6.02. The molecule has 0 aromatic heterocycles. The molecular formula is C22H26N2O3. The van der Waals surface area contributed by atoms with E-state index in [2.05, 4.69) is 11.9 Å². The van der Waals surface area contributed by atoms with Crippen molar-refractivity contribution >= 4 is 11.6 Å². The average Bonchev–Trinajstić information content (AvgIpc) is 2.69. The molecule has 2 aromatic rings. The van der Waals surface area contributed by atoms with Crippen LogP contribution < -0.4 is 10.1 Å². The number of amides is 1. The Balaban J connectivity index is 2.00. The number of rotatable bonds is 8. The fourth-order valence-corrected chi connectivity index (χ4v) is 3.41. The highest BCUT2D eigenvalue weighted by Crippen LogP contribution is 2.41. The summed E-state index contributed by atoms with van der Waals surface area (Å²) in [5.41, 5.74) is 1.61. The average molecular weight is 366 g/mol. The van der Waals surface area contributed by atoms with E-state index in [0.717, 1.165) is 17.0 Å². The van der Waals surface area contributed by atoms with Gasteiger partial charge in [-0.25, -0.2) is 0 Å². The van der Waals surface area contributed by atoms with Crippen molar-refractivity contribution in [1.29, 1.82) is 0 Å². The van der Waals surface area contributed by atoms with Crippen LogP contribution in [0.3, 0.4) is 0 Å². The molecule has 1 aliphatic rings. The summed E-state index contributed by atoms with van der Waals surface area (Å²) in [6.07, 6.45) is 1.74. The Morgan fingerprint density at radius 3 is 2.67 bits per heavy atom. The molecule has 0 saturated carbocycles. The van der Waals surface area contributed by atoms with Crippen LogP contribution in [0, 0.1) is 0 Å². The van der Waals surface area contributed by atoms with Crippen LogP contribution in [0.1, 0.15) is 29.8 Å². The van der Waals surface area contributed by atoms with Crippen LogP contribution in [-0.2, 0) is 10.4 Å². The number of fused-ring (bicyclic) bond motifs is 1. The fourth-order valence-electron chi connectivity index (χ4n) is 3.41. The van der Waals surface area contributed by atoms with E-state index in [9.17, 15) is 4.79 Å². The minimum atomic E-state index is -0.762. The zero-order valence-corrected chi connectivity index (χ0v) is 15.9. The summed E-state index contributed by atoms with van der Waals surface area (Å²) in [5.74, 6) is 0.698. The van der Waals surface area contributed by atoms with Gasteiger partial charge in [0.05, 0.1) is 12.2 Å². The molecular weight excluding hydrogens is 340 g/mol. The molecule has 1 heterocycles. The number of anilines is 1. The number of carbonyl (C=O) groups is 1. The maximum atomic E-state index is 13.2. The van der Waals surface area contributed by atoms with Gasteiger partial charge in [0.2, 0.25) is 0 Å². The first-order valence-electron chi connectivity index (χ1n) is 9.22. The van der Waals surface area contributed by atoms with Crippen LogP contribution >= 0.6 is 0 Å². The lowest BCUT2D eigenvalue weighted by Gasteiger charge is -2.46. The van der Waals surface area contributed by atoms with Crippen LogP contribution in [0.2, 0.25) is 0 Å². The van der Waals surface area contributed by atoms with Gasteiger partial charge in [-0.3, -0.25) is 4.79 Å². The monoisotopic (exact) mass is 366 g/mol. The van der Waals surface area contributed by atoms with Gasteiger partial charge in [-0.1, -0.05) is 36.4 Å². The van der Waals surface area contributed by atoms with Gasteiger partial charge in [0.1, 0.15) is 18.0 Å². The Morgan fingerprint density at radius 2 is 1.89 bits per heavy atom. The van der Waals surface area contributed by atoms with Crippen molar-refractivity contribution in [2.24, 2.45) is 0 Å². The number of carbonyl (C=O) groups excluding carboxylic acids is 1. The first kappa shape index (κ1) is 19.0. The molecule has 27 heavy (non-hydrogen) atoms. The molecule has 0 spiro atoms. The number of hydrogen-bond donors (Lipinski definition) is 1. The third kappa shape index (κ3) is 3.69. The number of hydrogen-bond acceptors (Lipinski definition) is 4. The van der Waals surface area contributed by atoms with Gasteiger partial charge in [0.25, 0.3) is 5.91 Å². The Kier molecular flexibility index (Phi) is 5.81. The molecule has 0 saturated heterocycles. The Labute approximate surface area is 160 Å². The van der Waals surface area contributed by atoms with Crippen LogP contribution in [0.5, 0.6) is 5.75 Å². The summed E-state index contributed by atoms with van der Waals surface area (Å²) in [7, 11) is 0. The zero-order chi connectivity index (χ0) is 19.3. The van der Waals surface area contributed by atoms with Crippen LogP contribution in [-0.4, -0.2) is 37.2 Å². The van der Waals surface area contributed by atoms with E-state index in [4.69, 9.17) is 9.47 Å². The van der Waals surface area contributed by atoms with Crippen molar-refractivity contribution in [3.8, 4) is 5.75 Å². The number of nitrogens with zero attached hydrogens (tertiary/aromatic N) is 1. The van der Waals surface area contributed by atoms with Crippen molar-refractivity contribution in [1.82, 2.24) is 4.90 Å². The molecule has 1 amide bonds. The molecule has 1 aliphatic heterocycles. The second-order valence-electron chi connectivity index (χ2n) is 6.49. The predicted molar refractivity (Wildman–Crippen MR) is 107 cm³/mol. The molecule has 0 bridgehead atoms. The third-order valence-corrected chi connectivity index (χ3v) is 4.73. The van der Waals surface area contributed by atoms with Gasteiger partial charge < -0.3 is 19.7 Å². The molecule has 5 heteroatoms. The van der Waals surface area contributed by atoms with Gasteiger partial charge >= 0.3 is 0 Å². The topological polar surface area (TPSA) is 50.8 Å². The van der Waals surface area contributed by atoms with Crippen LogP contribution in [0.25, 0.3) is 0 Å². The number of para-hydroxylation sites is 2. The second-order valence-corrected chi connectivity index (χ2v) is 6.49. The lowest BCUT2D eigenvalue weighted by molar-refractivity contribution is 0.0562. The van der Waals surface area contributed by atoms with Crippen LogP contribution in [0.4, 0.5) is 5.69 Å². The maximum absolute atomic E-state index is 13.2. The molecule has 0 radical (unpaired) electrons. The van der Waals surface area contributed by atoms with E-state index in [0.29, 0.717) is 31.9 Å². The highest BCUT2D eigenvalue weighted by Gasteiger charge is 2.43. The van der Waals surface area contributed by atoms with Gasteiger partial charge in [-0.2, -0.15) is 0 Å². The number of nitrogens with one attached hydrogen (secondary N) is 1. The Morgan fingerprint density at radius 1 is 1.15 bits per heavy atom. The second kappa shape index (κ2) is 8.27. The van der Waals surface area contributed by atoms with Crippen molar-refractivity contribution in [3.63, 3.8) is 0 Å². The third-order valence-electron chi connectivity index (χ3n) is 4.73. The highest BCUT2D eigenvalue weighted by atomic mass is 16.5. The van der Waals surface area contributed by atoms with E-state index in [1.165, 1.54) is 0 Å². The smallest absolute Gasteiger partial charge is 0.258 e. The molecule has 1 N–H and O–H groups in total. The van der Waals surface area contributed by atoms with Crippen molar-refractivity contribution in [3.05, 3.63) is 72.3 Å². The SMILES string of the molecule is C=CCN1C(=O)c2ccccc2NC1(C)c1ccccc1OCCOCC. The van der Waals surface area contributed by atoms with Gasteiger partial charge in [0, 0.05) is 24.4 Å².